The molecular weight excluding hydrogens is 401 g/mol. The van der Waals surface area contributed by atoms with Crippen molar-refractivity contribution in [1.82, 2.24) is 0 Å². The van der Waals surface area contributed by atoms with Crippen LogP contribution in [0, 0.1) is 0 Å². The van der Waals surface area contributed by atoms with Gasteiger partial charge in [-0.3, -0.25) is 13.8 Å². The Hall–Kier alpha value is -1.64. The van der Waals surface area contributed by atoms with Gasteiger partial charge in [-0.15, -0.1) is 0 Å². The Kier molecular flexibility index (Phi) is 8.68. The Labute approximate surface area is 172 Å². The standard InChI is InChI=1S/C19H32NO8P/c1-18(2,3)27-29(23,28-19(4,5)6)26-12-25-16-11-13(8-9-15(16)21)10-14(20)17(22)24-7/h8-9,11,14,21H,10,12,20H2,1-7H3/t14-/m0/s1. The number of phosphoric ester groups is 1. The van der Waals surface area contributed by atoms with Crippen LogP contribution in [0.2, 0.25) is 0 Å². The summed E-state index contributed by atoms with van der Waals surface area (Å²) in [6, 6.07) is 3.64. The summed E-state index contributed by atoms with van der Waals surface area (Å²) in [4.78, 5) is 11.5. The van der Waals surface area contributed by atoms with Crippen molar-refractivity contribution in [1.29, 1.82) is 0 Å². The van der Waals surface area contributed by atoms with Crippen molar-refractivity contribution >= 4 is 13.8 Å². The van der Waals surface area contributed by atoms with Gasteiger partial charge < -0.3 is 20.3 Å². The monoisotopic (exact) mass is 433 g/mol. The largest absolute Gasteiger partial charge is 0.504 e. The Balaban J connectivity index is 2.85. The average molecular weight is 433 g/mol. The normalized spacial score (nSPS) is 13.8. The molecule has 1 aromatic rings. The van der Waals surface area contributed by atoms with Crippen molar-refractivity contribution in [2.75, 3.05) is 13.9 Å². The molecule has 166 valence electrons. The minimum atomic E-state index is -3.95. The van der Waals surface area contributed by atoms with E-state index in [1.165, 1.54) is 19.2 Å². The summed E-state index contributed by atoms with van der Waals surface area (Å²) >= 11 is 0. The average Bonchev–Trinajstić information content (AvgIpc) is 2.53. The maximum atomic E-state index is 13.0. The number of rotatable bonds is 9. The molecule has 0 amide bonds. The van der Waals surface area contributed by atoms with Gasteiger partial charge in [0, 0.05) is 0 Å². The van der Waals surface area contributed by atoms with Crippen LogP contribution in [0.1, 0.15) is 47.1 Å². The van der Waals surface area contributed by atoms with E-state index in [1.54, 1.807) is 47.6 Å². The fourth-order valence-electron chi connectivity index (χ4n) is 2.19. The second-order valence-corrected chi connectivity index (χ2v) is 9.90. The van der Waals surface area contributed by atoms with Crippen LogP contribution in [-0.2, 0) is 34.1 Å². The lowest BCUT2D eigenvalue weighted by atomic mass is 10.1. The molecular formula is C19H32NO8P. The van der Waals surface area contributed by atoms with Crippen LogP contribution in [0.25, 0.3) is 0 Å². The molecule has 0 saturated heterocycles. The van der Waals surface area contributed by atoms with E-state index in [2.05, 4.69) is 4.74 Å². The molecule has 0 aliphatic heterocycles. The molecule has 0 spiro atoms. The highest BCUT2D eigenvalue weighted by molar-refractivity contribution is 7.48. The predicted octanol–water partition coefficient (Wildman–Crippen LogP) is 3.53. The van der Waals surface area contributed by atoms with Gasteiger partial charge in [0.1, 0.15) is 6.04 Å². The van der Waals surface area contributed by atoms with Crippen molar-refractivity contribution < 1.29 is 37.5 Å². The number of phenols is 1. The Bertz CT molecular complexity index is 719. The van der Waals surface area contributed by atoms with Gasteiger partial charge in [0.15, 0.2) is 11.5 Å². The number of nitrogens with two attached hydrogens (primary N) is 1. The van der Waals surface area contributed by atoms with Crippen LogP contribution in [0.3, 0.4) is 0 Å². The second-order valence-electron chi connectivity index (χ2n) is 8.38. The smallest absolute Gasteiger partial charge is 0.478 e. The first-order chi connectivity index (χ1) is 13.1. The Morgan fingerprint density at radius 3 is 2.17 bits per heavy atom. The summed E-state index contributed by atoms with van der Waals surface area (Å²) in [7, 11) is -2.70. The van der Waals surface area contributed by atoms with Crippen molar-refractivity contribution in [2.45, 2.75) is 65.2 Å². The van der Waals surface area contributed by atoms with E-state index in [0.29, 0.717) is 5.56 Å². The molecule has 0 aliphatic carbocycles. The SMILES string of the molecule is COC(=O)[C@@H](N)Cc1ccc(O)c(OCOP(=O)(OC(C)(C)C)OC(C)(C)C)c1. The number of hydrogen-bond donors (Lipinski definition) is 2. The summed E-state index contributed by atoms with van der Waals surface area (Å²) < 4.78 is 39.2. The van der Waals surface area contributed by atoms with E-state index in [9.17, 15) is 14.5 Å². The van der Waals surface area contributed by atoms with Crippen LogP contribution in [0.15, 0.2) is 18.2 Å². The predicted molar refractivity (Wildman–Crippen MR) is 108 cm³/mol. The zero-order valence-corrected chi connectivity index (χ0v) is 18.9. The zero-order chi connectivity index (χ0) is 22.5. The topological polar surface area (TPSA) is 127 Å². The molecule has 10 heteroatoms. The first kappa shape index (κ1) is 25.4. The van der Waals surface area contributed by atoms with E-state index >= 15 is 0 Å². The van der Waals surface area contributed by atoms with E-state index < -0.39 is 37.8 Å². The number of benzene rings is 1. The number of carbonyl (C=O) groups is 1. The maximum Gasteiger partial charge on any atom is 0.478 e. The number of hydrogen-bond acceptors (Lipinski definition) is 9. The molecule has 0 radical (unpaired) electrons. The van der Waals surface area contributed by atoms with Crippen LogP contribution in [0.5, 0.6) is 11.5 Å². The molecule has 0 aromatic heterocycles. The summed E-state index contributed by atoms with van der Waals surface area (Å²) in [5.74, 6) is -0.645. The molecule has 1 atom stereocenters. The molecule has 0 saturated carbocycles. The van der Waals surface area contributed by atoms with Gasteiger partial charge in [0.05, 0.1) is 18.3 Å². The summed E-state index contributed by atoms with van der Waals surface area (Å²) in [5, 5.41) is 9.99. The van der Waals surface area contributed by atoms with Crippen molar-refractivity contribution in [3.8, 4) is 11.5 Å². The lowest BCUT2D eigenvalue weighted by Crippen LogP contribution is -2.33. The Morgan fingerprint density at radius 2 is 1.69 bits per heavy atom. The van der Waals surface area contributed by atoms with Crippen LogP contribution in [0.4, 0.5) is 0 Å². The molecule has 29 heavy (non-hydrogen) atoms. The number of carbonyl (C=O) groups excluding carboxylic acids is 1. The zero-order valence-electron chi connectivity index (χ0n) is 18.1. The highest BCUT2D eigenvalue weighted by Gasteiger charge is 2.37. The third kappa shape index (κ3) is 9.60. The quantitative estimate of drug-likeness (QED) is 0.341. The maximum absolute atomic E-state index is 13.0. The summed E-state index contributed by atoms with van der Waals surface area (Å²) in [6.07, 6.45) is 0.183. The molecule has 1 aromatic carbocycles. The molecule has 0 unspecified atom stereocenters. The van der Waals surface area contributed by atoms with E-state index in [0.717, 1.165) is 0 Å². The lowest BCUT2D eigenvalue weighted by Gasteiger charge is -2.30. The van der Waals surface area contributed by atoms with E-state index in [1.807, 2.05) is 0 Å². The number of ether oxygens (including phenoxy) is 2. The number of aromatic hydroxyl groups is 1. The molecule has 0 heterocycles. The minimum Gasteiger partial charge on any atom is -0.504 e. The fourth-order valence-corrected chi connectivity index (χ4v) is 3.85. The van der Waals surface area contributed by atoms with E-state index in [4.69, 9.17) is 24.0 Å². The van der Waals surface area contributed by atoms with Crippen LogP contribution in [-0.4, -0.2) is 42.2 Å². The second kappa shape index (κ2) is 9.91. The number of phenolic OH excluding ortho intramolecular Hbond substituents is 1. The summed E-state index contributed by atoms with van der Waals surface area (Å²) in [6.45, 7) is 9.81. The van der Waals surface area contributed by atoms with Crippen LogP contribution >= 0.6 is 7.82 Å². The van der Waals surface area contributed by atoms with Crippen molar-refractivity contribution in [3.63, 3.8) is 0 Å². The first-order valence-corrected chi connectivity index (χ1v) is 10.5. The number of esters is 1. The van der Waals surface area contributed by atoms with Gasteiger partial charge >= 0.3 is 13.8 Å². The molecule has 9 nitrogen and oxygen atoms in total. The first-order valence-electron chi connectivity index (χ1n) is 9.08. The molecule has 0 bridgehead atoms. The van der Waals surface area contributed by atoms with Gasteiger partial charge in [-0.1, -0.05) is 6.07 Å². The third-order valence-electron chi connectivity index (χ3n) is 3.18. The highest BCUT2D eigenvalue weighted by Crippen LogP contribution is 2.55. The van der Waals surface area contributed by atoms with Crippen molar-refractivity contribution in [2.24, 2.45) is 5.73 Å². The lowest BCUT2D eigenvalue weighted by molar-refractivity contribution is -0.142. The van der Waals surface area contributed by atoms with Gasteiger partial charge in [-0.2, -0.15) is 0 Å². The summed E-state index contributed by atoms with van der Waals surface area (Å²) in [5.41, 5.74) is 4.82. The third-order valence-corrected chi connectivity index (χ3v) is 5.14. The molecule has 1 rings (SSSR count). The van der Waals surface area contributed by atoms with Gasteiger partial charge in [0.2, 0.25) is 6.79 Å². The van der Waals surface area contributed by atoms with Gasteiger partial charge in [-0.25, -0.2) is 9.09 Å². The fraction of sp³-hybridized carbons (Fsp3) is 0.632. The molecule has 0 fully saturated rings. The number of methoxy groups -OCH3 is 1. The van der Waals surface area contributed by atoms with Crippen LogP contribution < -0.4 is 10.5 Å². The molecule has 0 aliphatic rings. The van der Waals surface area contributed by atoms with Gasteiger partial charge in [0.25, 0.3) is 0 Å². The minimum absolute atomic E-state index is 0.0673. The number of phosphoric acid groups is 1. The van der Waals surface area contributed by atoms with E-state index in [-0.39, 0.29) is 17.9 Å². The van der Waals surface area contributed by atoms with Crippen molar-refractivity contribution in [3.05, 3.63) is 23.8 Å². The van der Waals surface area contributed by atoms with Gasteiger partial charge in [-0.05, 0) is 65.7 Å². The Morgan fingerprint density at radius 1 is 1.14 bits per heavy atom. The highest BCUT2D eigenvalue weighted by atomic mass is 31.2. The molecule has 3 N–H and O–H groups in total.